The molecule has 732 valence electrons. The number of fused-ring (bicyclic) bond motifs is 6. The highest BCUT2D eigenvalue weighted by molar-refractivity contribution is 14.1. The van der Waals surface area contributed by atoms with Crippen molar-refractivity contribution >= 4 is 203 Å². The van der Waals surface area contributed by atoms with Crippen LogP contribution in [0, 0.1) is 7.14 Å². The van der Waals surface area contributed by atoms with Crippen LogP contribution in [0.25, 0.3) is 65.8 Å². The van der Waals surface area contributed by atoms with Crippen LogP contribution in [-0.4, -0.2) is 154 Å². The number of aromatic amines is 1. The molecule has 136 heavy (non-hydrogen) atoms. The van der Waals surface area contributed by atoms with Crippen molar-refractivity contribution in [2.45, 2.75) is 270 Å². The number of alkyl carbamates (subject to hydrolysis) is 4. The predicted octanol–water partition coefficient (Wildman–Crippen LogP) is 18.0. The Morgan fingerprint density at radius 3 is 1.07 bits per heavy atom. The van der Waals surface area contributed by atoms with Crippen LogP contribution in [0.2, 0.25) is 10.6 Å². The van der Waals surface area contributed by atoms with Crippen molar-refractivity contribution in [3.05, 3.63) is 187 Å². The van der Waals surface area contributed by atoms with Crippen molar-refractivity contribution in [1.29, 1.82) is 0 Å². The van der Waals surface area contributed by atoms with Gasteiger partial charge in [-0.25, -0.2) is 44.1 Å². The Kier molecular flexibility index (Phi) is 35.8. The molecule has 0 radical (unpaired) electrons. The number of halogens is 6. The van der Waals surface area contributed by atoms with Crippen molar-refractivity contribution in [2.24, 2.45) is 41.0 Å². The normalized spacial score (nSPS) is 19.3. The van der Waals surface area contributed by atoms with Gasteiger partial charge < -0.3 is 72.2 Å². The quantitative estimate of drug-likeness (QED) is 0.0327. The first-order valence-corrected chi connectivity index (χ1v) is 49.9. The minimum atomic E-state index is -0.553. The van der Waals surface area contributed by atoms with Gasteiger partial charge in [-0.1, -0.05) is 36.4 Å². The number of para-hydroxylation sites is 5. The number of carbonyl (C=O) groups is 5. The summed E-state index contributed by atoms with van der Waals surface area (Å²) in [6.07, 6.45) is 13.1. The third kappa shape index (κ3) is 28.6. The van der Waals surface area contributed by atoms with E-state index in [2.05, 4.69) is 140 Å². The van der Waals surface area contributed by atoms with E-state index in [9.17, 15) is 47.9 Å². The maximum Gasteiger partial charge on any atom is 0.407 e. The van der Waals surface area contributed by atoms with Gasteiger partial charge in [0.05, 0.1) is 71.8 Å². The van der Waals surface area contributed by atoms with E-state index < -0.39 is 34.6 Å². The maximum atomic E-state index is 13.3. The van der Waals surface area contributed by atoms with Gasteiger partial charge in [0.1, 0.15) is 22.4 Å². The molecule has 0 spiro atoms. The van der Waals surface area contributed by atoms with E-state index in [4.69, 9.17) is 57.9 Å². The summed E-state index contributed by atoms with van der Waals surface area (Å²) in [6.45, 7) is 24.1. The number of hydrogen-bond donors (Lipinski definition) is 10. The summed E-state index contributed by atoms with van der Waals surface area (Å²) in [4.78, 5) is 148. The SMILES string of the molecule is CC(C)(C)OC(=O)N[C@@H]1CCC[C@H](N)C1.C[C@H]1NC(=O)c2cc(-c3cccc4c(=O)n(C)c(N[C@H]5CCC[C@@H](NC(=O)OC(C)(C)C)C5)nc34)[nH]c21.Cn1c(Cl)nc2c(Br)cccc2c1=O.Cn1c(Cl)nc2c(I)cccc2c1=O.Cn1c(N[C@H]2CCC[C@@H](NC(=O)OC(C)(C)C)C2)nc2c(Br)cccc2c1=O.Cn1c(N[C@H]2CCC[C@@H](NC(=O)OC(C)(C)C)C2)nc2c(I)cccc2c1=O. The highest BCUT2D eigenvalue weighted by atomic mass is 127. The van der Waals surface area contributed by atoms with Crippen LogP contribution in [0.5, 0.6) is 0 Å². The average Bonchev–Trinajstić information content (AvgIpc) is 1.55. The lowest BCUT2D eigenvalue weighted by atomic mass is 9.91. The summed E-state index contributed by atoms with van der Waals surface area (Å²) in [5, 5.41) is 28.2. The molecule has 4 fully saturated rings. The standard InChI is InChI=1S/C27H34N6O4.C20H27BrN4O3.C20H27IN4O3.C11H22N2O2.C9H6BrClN2O.C9H6ClIN2O/c1-14-21-19(23(34)28-14)13-20(31-21)17-10-7-11-18-22(17)32-25(33(5)24(18)35)29-15-8-6-9-16(12-15)30-26(36)37-27(2,3)4;2*1-20(2,3)28-19(27)23-13-8-5-7-12(11-13)22-18-24-16-14(17(26)25(18)4)9-6-10-15(16)21;1-11(2,3)15-10(14)13-9-6-4-5-8(12)7-9;1-13-8(14)5-3-2-4-6(10)7(5)12-9(13)11;1-13-8(14)5-3-2-4-6(11)7(5)12-9(13)10/h7,10-11,13-16,31H,6,8-9,12H2,1-5H3,(H,28,34)(H,29,32)(H,30,36);2*6,9-10,12-13H,5,7-8,11H2,1-4H3,(H,22,24)(H,23,27);8-9H,4-7,12H2,1-3H3,(H,13,14);2*2-4H,1H3/t14-,15+,16-;2*12-,13+;8-,9+;;/m1000../s1. The third-order valence-electron chi connectivity index (χ3n) is 23.0. The number of hydrogen-bond acceptors (Lipinski definition) is 23. The first-order chi connectivity index (χ1) is 63.9. The number of aromatic nitrogens is 11. The monoisotopic (exact) mass is 2260 g/mol. The minimum absolute atomic E-state index is 0.0245. The zero-order valence-corrected chi connectivity index (χ0v) is 88.8. The van der Waals surface area contributed by atoms with Gasteiger partial charge in [-0.05, 0) is 354 Å². The molecule has 7 heterocycles. The number of rotatable bonds is 11. The number of benzene rings is 5. The lowest BCUT2D eigenvalue weighted by Crippen LogP contribution is -2.44. The molecule has 40 heteroatoms. The van der Waals surface area contributed by atoms with Gasteiger partial charge in [0.2, 0.25) is 28.4 Å². The van der Waals surface area contributed by atoms with Gasteiger partial charge in [-0.15, -0.1) is 0 Å². The molecule has 5 amide bonds. The molecular formula is C96H122Br2Cl2I2N20O14. The van der Waals surface area contributed by atoms with Gasteiger partial charge in [-0.2, -0.15) is 0 Å². The number of anilines is 3. The van der Waals surface area contributed by atoms with E-state index in [1.165, 1.54) is 13.7 Å². The Morgan fingerprint density at radius 2 is 0.699 bits per heavy atom. The summed E-state index contributed by atoms with van der Waals surface area (Å²) in [7, 11) is 8.36. The second-order valence-electron chi connectivity index (χ2n) is 38.7. The lowest BCUT2D eigenvalue weighted by molar-refractivity contribution is 0.0479. The molecule has 4 aliphatic carbocycles. The fraction of sp³-hybridized carbons (Fsp3) is 0.490. The molecule has 4 saturated carbocycles. The first-order valence-electron chi connectivity index (χ1n) is 45.4. The van der Waals surface area contributed by atoms with E-state index in [1.54, 1.807) is 80.8 Å². The number of amides is 5. The van der Waals surface area contributed by atoms with E-state index >= 15 is 0 Å². The molecular weight excluding hydrogens is 2140 g/mol. The number of nitrogens with one attached hydrogen (secondary N) is 9. The largest absolute Gasteiger partial charge is 0.444 e. The van der Waals surface area contributed by atoms with Crippen LogP contribution in [0.3, 0.4) is 0 Å². The lowest BCUT2D eigenvalue weighted by Gasteiger charge is -2.31. The number of carbonyl (C=O) groups excluding carboxylic acids is 5. The number of nitrogens with two attached hydrogens (primary N) is 1. The molecule has 11 N–H and O–H groups in total. The zero-order chi connectivity index (χ0) is 99.5. The fourth-order valence-electron chi connectivity index (χ4n) is 16.5. The molecule has 11 aromatic rings. The second-order valence-corrected chi connectivity index (χ2v) is 43.4. The van der Waals surface area contributed by atoms with E-state index in [-0.39, 0.29) is 111 Å². The van der Waals surface area contributed by atoms with E-state index in [0.717, 1.165) is 129 Å². The Labute approximate surface area is 842 Å². The van der Waals surface area contributed by atoms with Crippen LogP contribution in [-0.2, 0) is 54.2 Å². The molecule has 34 nitrogen and oxygen atoms in total. The van der Waals surface area contributed by atoms with Gasteiger partial charge in [0, 0.05) is 111 Å². The Balaban J connectivity index is 0.000000163. The highest BCUT2D eigenvalue weighted by Crippen LogP contribution is 2.35. The summed E-state index contributed by atoms with van der Waals surface area (Å²) in [6, 6.07) is 29.9. The maximum absolute atomic E-state index is 13.3. The fourth-order valence-corrected chi connectivity index (χ4v) is 19.0. The van der Waals surface area contributed by atoms with E-state index in [0.29, 0.717) is 84.3 Å². The van der Waals surface area contributed by atoms with Crippen molar-refractivity contribution in [3.63, 3.8) is 0 Å². The Bertz CT molecular complexity index is 6330. The predicted molar refractivity (Wildman–Crippen MR) is 558 cm³/mol. The van der Waals surface area contributed by atoms with Crippen LogP contribution in [0.4, 0.5) is 37.0 Å². The number of ether oxygens (including phenoxy) is 4. The highest BCUT2D eigenvalue weighted by Gasteiger charge is 2.34. The zero-order valence-electron chi connectivity index (χ0n) is 79.8. The third-order valence-corrected chi connectivity index (χ3v) is 26.7. The molecule has 5 aromatic carbocycles. The van der Waals surface area contributed by atoms with Crippen LogP contribution in [0.15, 0.2) is 130 Å². The smallest absolute Gasteiger partial charge is 0.407 e. The molecule has 6 aromatic heterocycles. The molecule has 9 atom stereocenters. The molecule has 0 unspecified atom stereocenters. The molecule has 0 saturated heterocycles. The van der Waals surface area contributed by atoms with Crippen molar-refractivity contribution in [2.75, 3.05) is 16.0 Å². The Morgan fingerprint density at radius 1 is 0.404 bits per heavy atom. The Hall–Kier alpha value is -10.0. The number of H-pyrrole nitrogens is 1. The average molecular weight is 2260 g/mol. The van der Waals surface area contributed by atoms with Crippen molar-refractivity contribution < 1.29 is 42.9 Å². The van der Waals surface area contributed by atoms with Gasteiger partial charge >= 0.3 is 24.4 Å². The first kappa shape index (κ1) is 106. The molecule has 0 bridgehead atoms. The minimum Gasteiger partial charge on any atom is -0.444 e. The van der Waals surface area contributed by atoms with Crippen LogP contribution < -0.4 is 76.1 Å². The summed E-state index contributed by atoms with van der Waals surface area (Å²) >= 11 is 22.7. The van der Waals surface area contributed by atoms with Crippen LogP contribution in [0.1, 0.15) is 215 Å². The van der Waals surface area contributed by atoms with Gasteiger partial charge in [0.15, 0.2) is 0 Å². The van der Waals surface area contributed by atoms with Crippen LogP contribution >= 0.6 is 100 Å². The van der Waals surface area contributed by atoms with Crippen molar-refractivity contribution in [1.82, 2.24) is 79.3 Å². The topological polar surface area (TPSA) is 435 Å². The summed E-state index contributed by atoms with van der Waals surface area (Å²) in [5.41, 5.74) is 9.44. The number of nitrogens with zero attached hydrogens (tertiary/aromatic N) is 10. The molecule has 16 rings (SSSR count). The van der Waals surface area contributed by atoms with Crippen molar-refractivity contribution in [3.8, 4) is 11.3 Å². The second kappa shape index (κ2) is 45.7. The summed E-state index contributed by atoms with van der Waals surface area (Å²) < 4.78 is 32.0. The molecule has 5 aliphatic rings. The molecule has 1 aliphatic heterocycles. The van der Waals surface area contributed by atoms with E-state index in [1.807, 2.05) is 151 Å². The summed E-state index contributed by atoms with van der Waals surface area (Å²) in [5.74, 6) is 1.46. The van der Waals surface area contributed by atoms with Gasteiger partial charge in [0.25, 0.3) is 33.7 Å². The van der Waals surface area contributed by atoms with Gasteiger partial charge in [-0.3, -0.25) is 51.6 Å².